The summed E-state index contributed by atoms with van der Waals surface area (Å²) < 4.78 is 15.6. The zero-order valence-corrected chi connectivity index (χ0v) is 16.8. The Balaban J connectivity index is 1.61. The molecule has 140 valence electrons. The fraction of sp³-hybridized carbons (Fsp3) is 0.0500. The molecule has 0 aliphatic rings. The third-order valence-corrected chi connectivity index (χ3v) is 5.95. The molecule has 2 aromatic heterocycles. The van der Waals surface area contributed by atoms with Gasteiger partial charge in [0.1, 0.15) is 17.1 Å². The van der Waals surface area contributed by atoms with Gasteiger partial charge in [0.25, 0.3) is 5.56 Å². The molecule has 2 aromatic carbocycles. The number of para-hydroxylation sites is 1. The second kappa shape index (κ2) is 7.65. The summed E-state index contributed by atoms with van der Waals surface area (Å²) in [6.07, 6.45) is 1.37. The first kappa shape index (κ1) is 18.5. The summed E-state index contributed by atoms with van der Waals surface area (Å²) in [5.74, 6) is -0.646. The summed E-state index contributed by atoms with van der Waals surface area (Å²) in [6.45, 7) is -0.146. The quantitative estimate of drug-likeness (QED) is 0.484. The number of nitrogens with one attached hydrogen (secondary N) is 1. The van der Waals surface area contributed by atoms with E-state index in [0.717, 1.165) is 14.9 Å². The van der Waals surface area contributed by atoms with Crippen molar-refractivity contribution < 1.29 is 9.18 Å². The maximum absolute atomic E-state index is 13.1. The van der Waals surface area contributed by atoms with E-state index in [1.165, 1.54) is 34.4 Å². The smallest absolute Gasteiger partial charge is 0.271 e. The Morgan fingerprint density at radius 1 is 1.18 bits per heavy atom. The lowest BCUT2D eigenvalue weighted by atomic mass is 10.2. The van der Waals surface area contributed by atoms with Gasteiger partial charge in [0.05, 0.1) is 17.5 Å². The van der Waals surface area contributed by atoms with Gasteiger partial charge < -0.3 is 5.32 Å². The fourth-order valence-corrected chi connectivity index (χ4v) is 4.17. The number of amides is 1. The van der Waals surface area contributed by atoms with Crippen LogP contribution in [0.3, 0.4) is 0 Å². The summed E-state index contributed by atoms with van der Waals surface area (Å²) >= 11 is 4.64. The van der Waals surface area contributed by atoms with Gasteiger partial charge in [-0.2, -0.15) is 0 Å². The predicted octanol–water partition coefficient (Wildman–Crippen LogP) is 4.67. The first-order chi connectivity index (χ1) is 13.5. The number of carbonyl (C=O) groups is 1. The molecule has 5 nitrogen and oxygen atoms in total. The highest BCUT2D eigenvalue weighted by molar-refractivity contribution is 9.10. The minimum absolute atomic E-state index is 0.146. The molecule has 0 unspecified atom stereocenters. The van der Waals surface area contributed by atoms with E-state index in [1.54, 1.807) is 24.3 Å². The van der Waals surface area contributed by atoms with Crippen LogP contribution in [0.15, 0.2) is 70.2 Å². The summed E-state index contributed by atoms with van der Waals surface area (Å²) in [4.78, 5) is 30.2. The second-order valence-corrected chi connectivity index (χ2v) is 7.94. The van der Waals surface area contributed by atoms with Gasteiger partial charge in [0.15, 0.2) is 0 Å². The topological polar surface area (TPSA) is 64.0 Å². The van der Waals surface area contributed by atoms with Crippen molar-refractivity contribution >= 4 is 49.1 Å². The predicted molar refractivity (Wildman–Crippen MR) is 112 cm³/mol. The summed E-state index contributed by atoms with van der Waals surface area (Å²) in [7, 11) is 0. The fourth-order valence-electron chi connectivity index (χ4n) is 2.72. The van der Waals surface area contributed by atoms with Gasteiger partial charge in [0.2, 0.25) is 5.91 Å². The third-order valence-electron chi connectivity index (χ3n) is 4.09. The number of benzene rings is 2. The number of halogens is 2. The van der Waals surface area contributed by atoms with Crippen LogP contribution in [0.1, 0.15) is 0 Å². The molecule has 28 heavy (non-hydrogen) atoms. The van der Waals surface area contributed by atoms with Crippen molar-refractivity contribution in [2.75, 3.05) is 5.32 Å². The van der Waals surface area contributed by atoms with Crippen molar-refractivity contribution in [3.63, 3.8) is 0 Å². The number of anilines is 1. The van der Waals surface area contributed by atoms with Crippen LogP contribution in [-0.2, 0) is 11.3 Å². The number of rotatable bonds is 4. The molecular formula is C20H13BrFN3O2S. The zero-order chi connectivity index (χ0) is 19.7. The van der Waals surface area contributed by atoms with Crippen molar-refractivity contribution in [2.45, 2.75) is 6.54 Å². The Hall–Kier alpha value is -2.84. The van der Waals surface area contributed by atoms with E-state index >= 15 is 0 Å². The van der Waals surface area contributed by atoms with E-state index in [0.29, 0.717) is 15.9 Å². The molecule has 4 rings (SSSR count). The van der Waals surface area contributed by atoms with Gasteiger partial charge in [-0.25, -0.2) is 9.37 Å². The normalized spacial score (nSPS) is 10.9. The molecule has 1 N–H and O–H groups in total. The van der Waals surface area contributed by atoms with Gasteiger partial charge in [-0.1, -0.05) is 24.3 Å². The minimum Gasteiger partial charge on any atom is -0.324 e. The van der Waals surface area contributed by atoms with Crippen LogP contribution in [0.5, 0.6) is 0 Å². The van der Waals surface area contributed by atoms with E-state index in [-0.39, 0.29) is 23.8 Å². The van der Waals surface area contributed by atoms with Gasteiger partial charge >= 0.3 is 0 Å². The molecule has 0 aliphatic heterocycles. The SMILES string of the molecule is O=C(Cn1cnc2cc(-c3ccc(F)cc3)sc2c1=O)Nc1ccccc1Br. The van der Waals surface area contributed by atoms with Gasteiger partial charge in [-0.15, -0.1) is 11.3 Å². The van der Waals surface area contributed by atoms with E-state index in [1.807, 2.05) is 18.2 Å². The van der Waals surface area contributed by atoms with Crippen LogP contribution in [0, 0.1) is 5.82 Å². The number of fused-ring (bicyclic) bond motifs is 1. The Kier molecular flexibility index (Phi) is 5.06. The zero-order valence-electron chi connectivity index (χ0n) is 14.4. The van der Waals surface area contributed by atoms with Crippen LogP contribution >= 0.6 is 27.3 Å². The second-order valence-electron chi connectivity index (χ2n) is 6.04. The third kappa shape index (κ3) is 3.74. The monoisotopic (exact) mass is 457 g/mol. The number of hydrogen-bond acceptors (Lipinski definition) is 4. The van der Waals surface area contributed by atoms with Gasteiger partial charge in [-0.3, -0.25) is 14.2 Å². The minimum atomic E-state index is -0.328. The molecule has 0 saturated carbocycles. The van der Waals surface area contributed by atoms with Crippen molar-refractivity contribution in [2.24, 2.45) is 0 Å². The van der Waals surface area contributed by atoms with Crippen LogP contribution in [-0.4, -0.2) is 15.5 Å². The van der Waals surface area contributed by atoms with Crippen molar-refractivity contribution in [1.82, 2.24) is 9.55 Å². The standard InChI is InChI=1S/C20H13BrFN3O2S/c21-14-3-1-2-4-15(14)24-18(26)10-25-11-23-16-9-17(28-19(16)20(25)27)12-5-7-13(22)8-6-12/h1-9,11H,10H2,(H,24,26). The van der Waals surface area contributed by atoms with Crippen molar-refractivity contribution in [1.29, 1.82) is 0 Å². The van der Waals surface area contributed by atoms with Crippen molar-refractivity contribution in [3.05, 3.63) is 81.6 Å². The molecule has 1 amide bonds. The Morgan fingerprint density at radius 2 is 1.93 bits per heavy atom. The van der Waals surface area contributed by atoms with Gasteiger partial charge in [-0.05, 0) is 51.8 Å². The molecule has 0 spiro atoms. The van der Waals surface area contributed by atoms with E-state index < -0.39 is 0 Å². The molecule has 0 aliphatic carbocycles. The summed E-state index contributed by atoms with van der Waals surface area (Å²) in [5, 5.41) is 2.76. The average molecular weight is 458 g/mol. The van der Waals surface area contributed by atoms with Gasteiger partial charge in [0, 0.05) is 9.35 Å². The number of thiophene rings is 1. The first-order valence-corrected chi connectivity index (χ1v) is 9.91. The van der Waals surface area contributed by atoms with Crippen LogP contribution in [0.4, 0.5) is 10.1 Å². The summed E-state index contributed by atoms with van der Waals surface area (Å²) in [5.41, 5.74) is 1.70. The number of carbonyl (C=O) groups excluding carboxylic acids is 1. The maximum Gasteiger partial charge on any atom is 0.271 e. The number of hydrogen-bond donors (Lipinski definition) is 1. The molecular weight excluding hydrogens is 445 g/mol. The van der Waals surface area contributed by atoms with Crippen LogP contribution in [0.2, 0.25) is 0 Å². The average Bonchev–Trinajstić information content (AvgIpc) is 3.12. The first-order valence-electron chi connectivity index (χ1n) is 8.30. The number of aromatic nitrogens is 2. The Morgan fingerprint density at radius 3 is 2.68 bits per heavy atom. The molecule has 0 atom stereocenters. The highest BCUT2D eigenvalue weighted by Crippen LogP contribution is 2.30. The van der Waals surface area contributed by atoms with Crippen LogP contribution in [0.25, 0.3) is 20.7 Å². The van der Waals surface area contributed by atoms with E-state index in [4.69, 9.17) is 0 Å². The summed E-state index contributed by atoms with van der Waals surface area (Å²) in [6, 6.07) is 15.1. The highest BCUT2D eigenvalue weighted by atomic mass is 79.9. The Labute approximate surface area is 171 Å². The molecule has 4 aromatic rings. The lowest BCUT2D eigenvalue weighted by molar-refractivity contribution is -0.116. The maximum atomic E-state index is 13.1. The molecule has 0 radical (unpaired) electrons. The Bertz CT molecular complexity index is 1230. The van der Waals surface area contributed by atoms with Crippen LogP contribution < -0.4 is 10.9 Å². The molecule has 0 bridgehead atoms. The number of nitrogens with zero attached hydrogens (tertiary/aromatic N) is 2. The van der Waals surface area contributed by atoms with Crippen molar-refractivity contribution in [3.8, 4) is 10.4 Å². The molecule has 0 fully saturated rings. The molecule has 0 saturated heterocycles. The largest absolute Gasteiger partial charge is 0.324 e. The highest BCUT2D eigenvalue weighted by Gasteiger charge is 2.13. The lowest BCUT2D eigenvalue weighted by Crippen LogP contribution is -2.27. The van der Waals surface area contributed by atoms with E-state index in [2.05, 4.69) is 26.2 Å². The van der Waals surface area contributed by atoms with E-state index in [9.17, 15) is 14.0 Å². The molecule has 2 heterocycles. The molecule has 8 heteroatoms. The lowest BCUT2D eigenvalue weighted by Gasteiger charge is -2.08.